The van der Waals surface area contributed by atoms with Crippen molar-refractivity contribution < 1.29 is 14.3 Å². The number of amides is 1. The Hall–Kier alpha value is -1.56. The summed E-state index contributed by atoms with van der Waals surface area (Å²) < 4.78 is 5.02. The van der Waals surface area contributed by atoms with Crippen molar-refractivity contribution in [2.24, 2.45) is 5.92 Å². The average Bonchev–Trinajstić information content (AvgIpc) is 2.58. The molecule has 0 aromatic carbocycles. The van der Waals surface area contributed by atoms with E-state index >= 15 is 0 Å². The molecule has 1 aliphatic carbocycles. The van der Waals surface area contributed by atoms with Crippen LogP contribution in [0.1, 0.15) is 56.3 Å². The van der Waals surface area contributed by atoms with E-state index in [1.807, 2.05) is 0 Å². The van der Waals surface area contributed by atoms with Crippen LogP contribution in [0.15, 0.2) is 23.4 Å². The van der Waals surface area contributed by atoms with Crippen molar-refractivity contribution in [1.29, 1.82) is 0 Å². The third kappa shape index (κ3) is 6.15. The molecule has 1 aliphatic rings. The van der Waals surface area contributed by atoms with E-state index in [1.165, 1.54) is 32.1 Å². The molecule has 1 saturated carbocycles. The van der Waals surface area contributed by atoms with Crippen LogP contribution < -0.4 is 5.32 Å². The van der Waals surface area contributed by atoms with Gasteiger partial charge >= 0.3 is 5.97 Å². The number of aromatic nitrogens is 1. The third-order valence-electron chi connectivity index (χ3n) is 3.96. The van der Waals surface area contributed by atoms with Crippen LogP contribution in [0.3, 0.4) is 0 Å². The molecule has 0 aliphatic heterocycles. The number of nitrogens with one attached hydrogen (secondary N) is 1. The minimum atomic E-state index is -0.432. The van der Waals surface area contributed by atoms with Gasteiger partial charge in [-0.1, -0.05) is 19.3 Å². The van der Waals surface area contributed by atoms with E-state index in [0.29, 0.717) is 11.5 Å². The van der Waals surface area contributed by atoms with Gasteiger partial charge in [0.1, 0.15) is 11.6 Å². The summed E-state index contributed by atoms with van der Waals surface area (Å²) in [6.45, 7) is 3.43. The molecule has 132 valence electrons. The van der Waals surface area contributed by atoms with Gasteiger partial charge in [0.15, 0.2) is 0 Å². The van der Waals surface area contributed by atoms with E-state index in [2.05, 4.69) is 10.3 Å². The minimum absolute atomic E-state index is 0.126. The van der Waals surface area contributed by atoms with Gasteiger partial charge in [0.25, 0.3) is 5.91 Å². The summed E-state index contributed by atoms with van der Waals surface area (Å²) >= 11 is 1.64. The van der Waals surface area contributed by atoms with Gasteiger partial charge in [-0.05, 0) is 44.7 Å². The third-order valence-corrected chi connectivity index (χ3v) is 5.19. The first-order valence-corrected chi connectivity index (χ1v) is 9.60. The Kier molecular flexibility index (Phi) is 7.56. The molecule has 6 heteroatoms. The SMILES string of the molecule is CC(C)OC(=O)CNC(=O)c1cccnc1SCC1CCCCC1. The summed E-state index contributed by atoms with van der Waals surface area (Å²) in [6, 6.07) is 3.49. The van der Waals surface area contributed by atoms with E-state index in [1.54, 1.807) is 43.9 Å². The van der Waals surface area contributed by atoms with Gasteiger partial charge in [0.05, 0.1) is 11.7 Å². The molecular formula is C18H26N2O3S. The van der Waals surface area contributed by atoms with Gasteiger partial charge in [0, 0.05) is 11.9 Å². The van der Waals surface area contributed by atoms with Crippen molar-refractivity contribution in [1.82, 2.24) is 10.3 Å². The van der Waals surface area contributed by atoms with E-state index in [4.69, 9.17) is 4.74 Å². The zero-order valence-electron chi connectivity index (χ0n) is 14.4. The summed E-state index contributed by atoms with van der Waals surface area (Å²) in [7, 11) is 0. The van der Waals surface area contributed by atoms with E-state index in [0.717, 1.165) is 10.8 Å². The lowest BCUT2D eigenvalue weighted by atomic mass is 9.91. The van der Waals surface area contributed by atoms with Crippen molar-refractivity contribution in [3.05, 3.63) is 23.9 Å². The highest BCUT2D eigenvalue weighted by molar-refractivity contribution is 7.99. The lowest BCUT2D eigenvalue weighted by Gasteiger charge is -2.21. The van der Waals surface area contributed by atoms with Crippen LogP contribution in [0.5, 0.6) is 0 Å². The topological polar surface area (TPSA) is 68.3 Å². The summed E-state index contributed by atoms with van der Waals surface area (Å²) in [4.78, 5) is 28.2. The molecule has 1 aromatic heterocycles. The number of hydrogen-bond acceptors (Lipinski definition) is 5. The molecule has 5 nitrogen and oxygen atoms in total. The first kappa shape index (κ1) is 18.8. The molecule has 0 spiro atoms. The summed E-state index contributed by atoms with van der Waals surface area (Å²) in [5.41, 5.74) is 0.524. The number of rotatable bonds is 7. The maximum Gasteiger partial charge on any atom is 0.325 e. The van der Waals surface area contributed by atoms with Gasteiger partial charge in [-0.2, -0.15) is 0 Å². The van der Waals surface area contributed by atoms with Gasteiger partial charge in [-0.25, -0.2) is 4.98 Å². The van der Waals surface area contributed by atoms with Gasteiger partial charge < -0.3 is 10.1 Å². The standard InChI is InChI=1S/C18H26N2O3S/c1-13(2)23-16(21)11-20-17(22)15-9-6-10-19-18(15)24-12-14-7-4-3-5-8-14/h6,9-10,13-14H,3-5,7-8,11-12H2,1-2H3,(H,20,22). The Labute approximate surface area is 147 Å². The molecule has 1 fully saturated rings. The second kappa shape index (κ2) is 9.67. The number of ether oxygens (including phenoxy) is 1. The Morgan fingerprint density at radius 3 is 2.79 bits per heavy atom. The smallest absolute Gasteiger partial charge is 0.325 e. The quantitative estimate of drug-likeness (QED) is 0.603. The Morgan fingerprint density at radius 2 is 2.08 bits per heavy atom. The van der Waals surface area contributed by atoms with Crippen LogP contribution in [0.2, 0.25) is 0 Å². The van der Waals surface area contributed by atoms with Crippen LogP contribution in [-0.4, -0.2) is 35.3 Å². The Bertz CT molecular complexity index is 557. The van der Waals surface area contributed by atoms with Gasteiger partial charge in [-0.15, -0.1) is 11.8 Å². The Balaban J connectivity index is 1.89. The molecule has 1 aromatic rings. The monoisotopic (exact) mass is 350 g/mol. The highest BCUT2D eigenvalue weighted by Crippen LogP contribution is 2.30. The second-order valence-electron chi connectivity index (χ2n) is 6.39. The highest BCUT2D eigenvalue weighted by atomic mass is 32.2. The first-order chi connectivity index (χ1) is 11.6. The van der Waals surface area contributed by atoms with Crippen molar-refractivity contribution in [2.75, 3.05) is 12.3 Å². The Morgan fingerprint density at radius 1 is 1.33 bits per heavy atom. The zero-order chi connectivity index (χ0) is 17.4. The largest absolute Gasteiger partial charge is 0.462 e. The molecule has 24 heavy (non-hydrogen) atoms. The highest BCUT2D eigenvalue weighted by Gasteiger charge is 2.18. The predicted octanol–water partition coefficient (Wildman–Crippen LogP) is 3.44. The molecule has 0 bridgehead atoms. The predicted molar refractivity (Wildman–Crippen MR) is 95.1 cm³/mol. The molecule has 1 heterocycles. The van der Waals surface area contributed by atoms with Crippen LogP contribution in [0.25, 0.3) is 0 Å². The van der Waals surface area contributed by atoms with Crippen molar-refractivity contribution in [3.63, 3.8) is 0 Å². The first-order valence-electron chi connectivity index (χ1n) is 8.61. The van der Waals surface area contributed by atoms with Crippen LogP contribution in [0.4, 0.5) is 0 Å². The number of carbonyl (C=O) groups is 2. The molecule has 0 radical (unpaired) electrons. The van der Waals surface area contributed by atoms with Gasteiger partial charge in [0.2, 0.25) is 0 Å². The summed E-state index contributed by atoms with van der Waals surface area (Å²) in [5, 5.41) is 3.35. The lowest BCUT2D eigenvalue weighted by molar-refractivity contribution is -0.146. The van der Waals surface area contributed by atoms with Crippen molar-refractivity contribution in [3.8, 4) is 0 Å². The van der Waals surface area contributed by atoms with E-state index < -0.39 is 5.97 Å². The zero-order valence-corrected chi connectivity index (χ0v) is 15.2. The number of esters is 1. The number of pyridine rings is 1. The maximum absolute atomic E-state index is 12.3. The van der Waals surface area contributed by atoms with Crippen molar-refractivity contribution in [2.45, 2.75) is 57.1 Å². The maximum atomic E-state index is 12.3. The summed E-state index contributed by atoms with van der Waals surface area (Å²) in [5.74, 6) is 0.989. The summed E-state index contributed by atoms with van der Waals surface area (Å²) in [6.07, 6.45) is 8.00. The number of carbonyl (C=O) groups excluding carboxylic acids is 2. The van der Waals surface area contributed by atoms with Crippen LogP contribution >= 0.6 is 11.8 Å². The normalized spacial score (nSPS) is 15.3. The molecule has 0 unspecified atom stereocenters. The second-order valence-corrected chi connectivity index (χ2v) is 7.40. The molecule has 2 rings (SSSR count). The lowest BCUT2D eigenvalue weighted by Crippen LogP contribution is -2.32. The molecule has 1 N–H and O–H groups in total. The number of hydrogen-bond donors (Lipinski definition) is 1. The average molecular weight is 350 g/mol. The van der Waals surface area contributed by atoms with Crippen LogP contribution in [-0.2, 0) is 9.53 Å². The minimum Gasteiger partial charge on any atom is -0.462 e. The number of nitrogens with zero attached hydrogens (tertiary/aromatic N) is 1. The fourth-order valence-electron chi connectivity index (χ4n) is 2.78. The number of thioether (sulfide) groups is 1. The van der Waals surface area contributed by atoms with Crippen molar-refractivity contribution >= 4 is 23.6 Å². The fourth-order valence-corrected chi connectivity index (χ4v) is 3.96. The van der Waals surface area contributed by atoms with Gasteiger partial charge in [-0.3, -0.25) is 9.59 Å². The van der Waals surface area contributed by atoms with E-state index in [9.17, 15) is 9.59 Å². The molecule has 1 amide bonds. The van der Waals surface area contributed by atoms with Crippen LogP contribution in [0, 0.1) is 5.92 Å². The molecular weight excluding hydrogens is 324 g/mol. The fraction of sp³-hybridized carbons (Fsp3) is 0.611. The molecule has 0 saturated heterocycles. The van der Waals surface area contributed by atoms with E-state index in [-0.39, 0.29) is 18.6 Å². The molecule has 0 atom stereocenters.